The van der Waals surface area contributed by atoms with Crippen LogP contribution in [-0.4, -0.2) is 41.0 Å². The van der Waals surface area contributed by atoms with Gasteiger partial charge < -0.3 is 29.4 Å². The molecule has 3 N–H and O–H groups in total. The van der Waals surface area contributed by atoms with Crippen molar-refractivity contribution in [2.24, 2.45) is 5.10 Å². The zero-order valence-corrected chi connectivity index (χ0v) is 29.4. The summed E-state index contributed by atoms with van der Waals surface area (Å²) in [6, 6.07) is 24.5. The van der Waals surface area contributed by atoms with E-state index in [0.29, 0.717) is 34.3 Å². The number of ether oxygens (including phenoxy) is 3. The van der Waals surface area contributed by atoms with Gasteiger partial charge in [-0.2, -0.15) is 5.10 Å². The number of nitrogens with one attached hydrogen (secondary N) is 3. The number of para-hydroxylation sites is 1. The van der Waals surface area contributed by atoms with Crippen molar-refractivity contribution in [2.45, 2.75) is 40.3 Å². The predicted molar refractivity (Wildman–Crippen MR) is 192 cm³/mol. The van der Waals surface area contributed by atoms with Gasteiger partial charge in [0, 0.05) is 38.4 Å². The normalized spacial score (nSPS) is 14.4. The highest BCUT2D eigenvalue weighted by atomic mass is 79.9. The standard InChI is InChI=1S/C36H36BrN5O5S/c1-5-45-35(44)33-23(3)39-36(48)40-34(33)30-8-6-7-9-31(30)47-21-32(43)41-38-19-26-18-22(2)42(24(26)4)28-14-16-29(17-15-28)46-20-25-10-12-27(37)13-11-25/h6-19,34H,5,20-21H2,1-4H3,(H,41,43)(H2,39,40,48)/t34-/m1/s1. The van der Waals surface area contributed by atoms with Crippen LogP contribution in [-0.2, 0) is 20.9 Å². The molecule has 1 aliphatic heterocycles. The highest BCUT2D eigenvalue weighted by Crippen LogP contribution is 2.33. The van der Waals surface area contributed by atoms with Crippen LogP contribution >= 0.6 is 28.1 Å². The number of carbonyl (C=O) groups is 2. The second-order valence-electron chi connectivity index (χ2n) is 11.0. The number of benzene rings is 3. The number of nitrogens with zero attached hydrogens (tertiary/aromatic N) is 2. The second-order valence-corrected chi connectivity index (χ2v) is 12.3. The van der Waals surface area contributed by atoms with Crippen LogP contribution in [0.3, 0.4) is 0 Å². The third-order valence-corrected chi connectivity index (χ3v) is 8.38. The summed E-state index contributed by atoms with van der Waals surface area (Å²) in [5, 5.41) is 10.6. The lowest BCUT2D eigenvalue weighted by atomic mass is 9.95. The van der Waals surface area contributed by atoms with Gasteiger partial charge in [-0.15, -0.1) is 0 Å². The Hall–Kier alpha value is -4.94. The van der Waals surface area contributed by atoms with E-state index in [-0.39, 0.29) is 13.2 Å². The van der Waals surface area contributed by atoms with Gasteiger partial charge in [-0.05, 0) is 94.0 Å². The van der Waals surface area contributed by atoms with Crippen molar-refractivity contribution >= 4 is 51.4 Å². The number of aryl methyl sites for hydroxylation is 1. The molecule has 1 aliphatic rings. The molecule has 2 heterocycles. The lowest BCUT2D eigenvalue weighted by Crippen LogP contribution is -2.45. The number of hydrogen-bond acceptors (Lipinski definition) is 7. The zero-order valence-electron chi connectivity index (χ0n) is 27.0. The van der Waals surface area contributed by atoms with Crippen molar-refractivity contribution < 1.29 is 23.8 Å². The molecule has 4 aromatic rings. The fraction of sp³-hybridized carbons (Fsp3) is 0.222. The average Bonchev–Trinajstić information content (AvgIpc) is 3.35. The lowest BCUT2D eigenvalue weighted by Gasteiger charge is -2.30. The number of allylic oxidation sites excluding steroid dienone is 1. The predicted octanol–water partition coefficient (Wildman–Crippen LogP) is 6.32. The first-order chi connectivity index (χ1) is 23.1. The number of carbonyl (C=O) groups excluding carboxylic acids is 2. The smallest absolute Gasteiger partial charge is 0.338 e. The van der Waals surface area contributed by atoms with Crippen LogP contribution in [0.15, 0.2) is 99.7 Å². The second kappa shape index (κ2) is 15.8. The minimum absolute atomic E-state index is 0.228. The first kappa shape index (κ1) is 34.4. The summed E-state index contributed by atoms with van der Waals surface area (Å²) in [6.45, 7) is 7.93. The highest BCUT2D eigenvalue weighted by Gasteiger charge is 2.32. The Balaban J connectivity index is 1.20. The van der Waals surface area contributed by atoms with E-state index in [9.17, 15) is 9.59 Å². The molecule has 48 heavy (non-hydrogen) atoms. The van der Waals surface area contributed by atoms with Crippen LogP contribution in [0.5, 0.6) is 11.5 Å². The van der Waals surface area contributed by atoms with E-state index in [2.05, 4.69) is 41.7 Å². The third-order valence-electron chi connectivity index (χ3n) is 7.63. The van der Waals surface area contributed by atoms with Crippen LogP contribution in [0.1, 0.15) is 48.0 Å². The van der Waals surface area contributed by atoms with Gasteiger partial charge >= 0.3 is 5.97 Å². The summed E-state index contributed by atoms with van der Waals surface area (Å²) < 4.78 is 20.3. The molecule has 3 aromatic carbocycles. The monoisotopic (exact) mass is 729 g/mol. The Labute approximate surface area is 293 Å². The largest absolute Gasteiger partial charge is 0.489 e. The van der Waals surface area contributed by atoms with E-state index in [0.717, 1.165) is 38.4 Å². The molecular weight excluding hydrogens is 694 g/mol. The molecule has 0 fully saturated rings. The molecule has 248 valence electrons. The summed E-state index contributed by atoms with van der Waals surface area (Å²) >= 11 is 8.79. The van der Waals surface area contributed by atoms with Gasteiger partial charge in [-0.1, -0.05) is 46.3 Å². The molecule has 0 aliphatic carbocycles. The van der Waals surface area contributed by atoms with E-state index in [1.807, 2.05) is 80.6 Å². The Kier molecular flexibility index (Phi) is 11.3. The van der Waals surface area contributed by atoms with Crippen molar-refractivity contribution in [1.29, 1.82) is 0 Å². The van der Waals surface area contributed by atoms with Gasteiger partial charge in [0.2, 0.25) is 0 Å². The maximum Gasteiger partial charge on any atom is 0.338 e. The minimum Gasteiger partial charge on any atom is -0.489 e. The number of halogens is 1. The number of hydrogen-bond donors (Lipinski definition) is 3. The van der Waals surface area contributed by atoms with Crippen molar-refractivity contribution in [1.82, 2.24) is 20.6 Å². The molecule has 1 atom stereocenters. The van der Waals surface area contributed by atoms with Crippen LogP contribution in [0.4, 0.5) is 0 Å². The third kappa shape index (κ3) is 8.31. The molecule has 0 spiro atoms. The number of esters is 1. The zero-order chi connectivity index (χ0) is 34.2. The molecule has 10 nitrogen and oxygen atoms in total. The van der Waals surface area contributed by atoms with Crippen molar-refractivity contribution in [3.63, 3.8) is 0 Å². The van der Waals surface area contributed by atoms with Gasteiger partial charge in [-0.3, -0.25) is 4.79 Å². The summed E-state index contributed by atoms with van der Waals surface area (Å²) in [6.07, 6.45) is 1.61. The van der Waals surface area contributed by atoms with E-state index >= 15 is 0 Å². The molecule has 5 rings (SSSR count). The lowest BCUT2D eigenvalue weighted by molar-refractivity contribution is -0.139. The van der Waals surface area contributed by atoms with Crippen LogP contribution in [0.2, 0.25) is 0 Å². The van der Waals surface area contributed by atoms with Crippen molar-refractivity contribution in [3.8, 4) is 17.2 Å². The van der Waals surface area contributed by atoms with Crippen LogP contribution in [0.25, 0.3) is 5.69 Å². The van der Waals surface area contributed by atoms with Gasteiger partial charge in [0.15, 0.2) is 11.7 Å². The molecule has 0 saturated carbocycles. The number of thiocarbonyl (C=S) groups is 1. The van der Waals surface area contributed by atoms with E-state index < -0.39 is 17.9 Å². The number of hydrazone groups is 1. The topological polar surface area (TPSA) is 115 Å². The van der Waals surface area contributed by atoms with E-state index in [4.69, 9.17) is 26.4 Å². The van der Waals surface area contributed by atoms with Crippen LogP contribution < -0.4 is 25.5 Å². The number of aromatic nitrogens is 1. The van der Waals surface area contributed by atoms with Gasteiger partial charge in [0.1, 0.15) is 18.1 Å². The maximum atomic E-state index is 12.8. The van der Waals surface area contributed by atoms with Gasteiger partial charge in [0.25, 0.3) is 5.91 Å². The molecule has 0 saturated heterocycles. The van der Waals surface area contributed by atoms with E-state index in [1.54, 1.807) is 32.2 Å². The molecule has 1 amide bonds. The van der Waals surface area contributed by atoms with E-state index in [1.165, 1.54) is 0 Å². The fourth-order valence-electron chi connectivity index (χ4n) is 5.36. The number of rotatable bonds is 12. The molecule has 1 aromatic heterocycles. The first-order valence-corrected chi connectivity index (χ1v) is 16.5. The summed E-state index contributed by atoms with van der Waals surface area (Å²) in [5.41, 5.74) is 9.05. The minimum atomic E-state index is -0.619. The highest BCUT2D eigenvalue weighted by molar-refractivity contribution is 9.10. The Morgan fingerprint density at radius 1 is 1.02 bits per heavy atom. The quantitative estimate of drug-likeness (QED) is 0.0672. The Morgan fingerprint density at radius 3 is 2.48 bits per heavy atom. The fourth-order valence-corrected chi connectivity index (χ4v) is 5.90. The van der Waals surface area contributed by atoms with Crippen molar-refractivity contribution in [2.75, 3.05) is 13.2 Å². The molecule has 0 radical (unpaired) electrons. The number of amides is 1. The summed E-state index contributed by atoms with van der Waals surface area (Å²) in [5.74, 6) is 0.281. The molecular formula is C36H36BrN5O5S. The van der Waals surface area contributed by atoms with Gasteiger partial charge in [-0.25, -0.2) is 10.2 Å². The average molecular weight is 731 g/mol. The summed E-state index contributed by atoms with van der Waals surface area (Å²) in [4.78, 5) is 25.5. The summed E-state index contributed by atoms with van der Waals surface area (Å²) in [7, 11) is 0. The van der Waals surface area contributed by atoms with Crippen molar-refractivity contribution in [3.05, 3.63) is 123 Å². The Morgan fingerprint density at radius 2 is 1.75 bits per heavy atom. The Bertz CT molecular complexity index is 1870. The molecule has 0 unspecified atom stereocenters. The SMILES string of the molecule is CCOC(=O)C1=C(C)NC(=S)N[C@@H]1c1ccccc1OCC(=O)NN=Cc1cc(C)n(-c2ccc(OCc3ccc(Br)cc3)cc2)c1C. The maximum absolute atomic E-state index is 12.8. The molecule has 0 bridgehead atoms. The molecule has 12 heteroatoms. The van der Waals surface area contributed by atoms with Crippen LogP contribution in [0, 0.1) is 13.8 Å². The van der Waals surface area contributed by atoms with Gasteiger partial charge in [0.05, 0.1) is 24.4 Å². The first-order valence-electron chi connectivity index (χ1n) is 15.3.